The molecule has 0 radical (unpaired) electrons. The van der Waals surface area contributed by atoms with Crippen LogP contribution in [0.4, 0.5) is 11.6 Å². The topological polar surface area (TPSA) is 85.1 Å². The van der Waals surface area contributed by atoms with Gasteiger partial charge in [0.15, 0.2) is 0 Å². The molecule has 3 rings (SSSR count). The summed E-state index contributed by atoms with van der Waals surface area (Å²) in [6.07, 6.45) is 3.04. The highest BCUT2D eigenvalue weighted by Crippen LogP contribution is 2.15. The largest absolute Gasteiger partial charge is 0.338 e. The molecule has 0 spiro atoms. The van der Waals surface area contributed by atoms with Crippen LogP contribution in [0.15, 0.2) is 36.7 Å². The summed E-state index contributed by atoms with van der Waals surface area (Å²) in [6, 6.07) is 8.92. The third kappa shape index (κ3) is 3.50. The minimum absolute atomic E-state index is 0.331. The van der Waals surface area contributed by atoms with E-state index in [1.54, 1.807) is 24.3 Å². The van der Waals surface area contributed by atoms with E-state index >= 15 is 0 Å². The molecule has 2 heterocycles. The Bertz CT molecular complexity index is 759. The number of hydrogen-bond donors (Lipinski definition) is 1. The smallest absolute Gasteiger partial charge is 0.258 e. The van der Waals surface area contributed by atoms with Crippen LogP contribution in [0.2, 0.25) is 0 Å². The molecule has 1 aromatic carbocycles. The molecule has 122 valence electrons. The van der Waals surface area contributed by atoms with Gasteiger partial charge < -0.3 is 15.1 Å². The van der Waals surface area contributed by atoms with Gasteiger partial charge in [0.1, 0.15) is 6.07 Å². The minimum atomic E-state index is -0.331. The molecule has 1 aromatic heterocycles. The van der Waals surface area contributed by atoms with E-state index in [-0.39, 0.29) is 5.91 Å². The van der Waals surface area contributed by atoms with Gasteiger partial charge >= 0.3 is 0 Å². The normalized spacial score (nSPS) is 14.9. The summed E-state index contributed by atoms with van der Waals surface area (Å²) in [6.45, 7) is 3.68. The number of hydrogen-bond acceptors (Lipinski definition) is 6. The number of carbonyl (C=O) groups is 1. The molecule has 0 aliphatic carbocycles. The second-order valence-electron chi connectivity index (χ2n) is 5.67. The van der Waals surface area contributed by atoms with Crippen molar-refractivity contribution in [2.45, 2.75) is 0 Å². The molecule has 2 aromatic rings. The molecule has 0 bridgehead atoms. The van der Waals surface area contributed by atoms with Gasteiger partial charge in [0.2, 0.25) is 5.95 Å². The van der Waals surface area contributed by atoms with Crippen molar-refractivity contribution in [1.82, 2.24) is 14.9 Å². The van der Waals surface area contributed by atoms with Gasteiger partial charge in [-0.25, -0.2) is 9.97 Å². The molecule has 0 atom stereocenters. The number of aromatic nitrogens is 2. The summed E-state index contributed by atoms with van der Waals surface area (Å²) in [5, 5.41) is 11.8. The number of rotatable bonds is 3. The zero-order chi connectivity index (χ0) is 16.9. The van der Waals surface area contributed by atoms with Crippen molar-refractivity contribution in [3.63, 3.8) is 0 Å². The molecule has 0 unspecified atom stereocenters. The summed E-state index contributed by atoms with van der Waals surface area (Å²) in [5.41, 5.74) is 1.26. The van der Waals surface area contributed by atoms with Gasteiger partial charge in [0.05, 0.1) is 16.8 Å². The maximum atomic E-state index is 12.3. The Hall–Kier alpha value is -2.98. The van der Waals surface area contributed by atoms with Crippen LogP contribution in [0.1, 0.15) is 15.9 Å². The van der Waals surface area contributed by atoms with Crippen molar-refractivity contribution in [3.8, 4) is 6.07 Å². The van der Waals surface area contributed by atoms with Crippen molar-refractivity contribution in [3.05, 3.63) is 47.8 Å². The second-order valence-corrected chi connectivity index (χ2v) is 5.67. The van der Waals surface area contributed by atoms with Crippen molar-refractivity contribution >= 4 is 17.5 Å². The monoisotopic (exact) mass is 322 g/mol. The number of amides is 1. The number of nitrogens with zero attached hydrogens (tertiary/aromatic N) is 5. The number of likely N-dealkylation sites (N-methyl/N-ethyl adjacent to an activating group) is 1. The highest BCUT2D eigenvalue weighted by molar-refractivity contribution is 6.04. The van der Waals surface area contributed by atoms with Crippen LogP contribution in [0, 0.1) is 11.3 Å². The van der Waals surface area contributed by atoms with E-state index in [4.69, 9.17) is 5.26 Å². The predicted octanol–water partition coefficient (Wildman–Crippen LogP) is 1.35. The first kappa shape index (κ1) is 15.9. The lowest BCUT2D eigenvalue weighted by Gasteiger charge is -2.32. The highest BCUT2D eigenvalue weighted by Gasteiger charge is 2.17. The number of benzene rings is 1. The quantitative estimate of drug-likeness (QED) is 0.918. The standard InChI is InChI=1S/C17H18N6O/c1-22-6-8-23(9-7-22)17-19-11-14(12-20-17)16(24)21-15-5-3-2-4-13(15)10-18/h2-5,11-12H,6-9H2,1H3,(H,21,24). The molecule has 1 amide bonds. The van der Waals surface area contributed by atoms with Gasteiger partial charge in [-0.2, -0.15) is 5.26 Å². The fourth-order valence-electron chi connectivity index (χ4n) is 2.49. The fourth-order valence-corrected chi connectivity index (χ4v) is 2.49. The van der Waals surface area contributed by atoms with E-state index in [9.17, 15) is 4.79 Å². The zero-order valence-electron chi connectivity index (χ0n) is 13.4. The molecule has 1 saturated heterocycles. The van der Waals surface area contributed by atoms with Crippen LogP contribution in [0.3, 0.4) is 0 Å². The van der Waals surface area contributed by atoms with E-state index in [2.05, 4.69) is 38.2 Å². The van der Waals surface area contributed by atoms with Gasteiger partial charge in [0.25, 0.3) is 5.91 Å². The van der Waals surface area contributed by atoms with Crippen LogP contribution in [0.25, 0.3) is 0 Å². The third-order valence-electron chi connectivity index (χ3n) is 3.98. The Morgan fingerprint density at radius 3 is 2.50 bits per heavy atom. The molecule has 1 N–H and O–H groups in total. The van der Waals surface area contributed by atoms with Gasteiger partial charge in [0, 0.05) is 38.6 Å². The molecule has 7 nitrogen and oxygen atoms in total. The van der Waals surface area contributed by atoms with Gasteiger partial charge in [-0.1, -0.05) is 12.1 Å². The summed E-state index contributed by atoms with van der Waals surface area (Å²) < 4.78 is 0. The summed E-state index contributed by atoms with van der Waals surface area (Å²) in [4.78, 5) is 25.3. The van der Waals surface area contributed by atoms with Gasteiger partial charge in [-0.05, 0) is 19.2 Å². The van der Waals surface area contributed by atoms with Crippen LogP contribution in [0.5, 0.6) is 0 Å². The molecular weight excluding hydrogens is 304 g/mol. The van der Waals surface area contributed by atoms with E-state index < -0.39 is 0 Å². The van der Waals surface area contributed by atoms with Gasteiger partial charge in [-0.3, -0.25) is 4.79 Å². The molecule has 1 aliphatic rings. The van der Waals surface area contributed by atoms with Crippen LogP contribution < -0.4 is 10.2 Å². The predicted molar refractivity (Wildman–Crippen MR) is 90.9 cm³/mol. The molecule has 1 aliphatic heterocycles. The Labute approximate surface area is 140 Å². The second kappa shape index (κ2) is 7.06. The molecule has 7 heteroatoms. The molecule has 0 saturated carbocycles. The SMILES string of the molecule is CN1CCN(c2ncc(C(=O)Nc3ccccc3C#N)cn2)CC1. The Morgan fingerprint density at radius 1 is 1.17 bits per heavy atom. The Morgan fingerprint density at radius 2 is 1.83 bits per heavy atom. The van der Waals surface area contributed by atoms with Crippen molar-refractivity contribution in [2.75, 3.05) is 43.4 Å². The molecular formula is C17H18N6O. The average Bonchev–Trinajstić information content (AvgIpc) is 2.63. The van der Waals surface area contributed by atoms with E-state index in [0.717, 1.165) is 26.2 Å². The first-order chi connectivity index (χ1) is 11.7. The number of anilines is 2. The van der Waals surface area contributed by atoms with Crippen molar-refractivity contribution in [2.24, 2.45) is 0 Å². The third-order valence-corrected chi connectivity index (χ3v) is 3.98. The first-order valence-corrected chi connectivity index (χ1v) is 7.73. The number of nitriles is 1. The summed E-state index contributed by atoms with van der Waals surface area (Å²) in [7, 11) is 2.09. The number of para-hydroxylation sites is 1. The van der Waals surface area contributed by atoms with Crippen LogP contribution >= 0.6 is 0 Å². The number of nitrogens with one attached hydrogen (secondary N) is 1. The lowest BCUT2D eigenvalue weighted by molar-refractivity contribution is 0.102. The maximum Gasteiger partial charge on any atom is 0.258 e. The average molecular weight is 322 g/mol. The summed E-state index contributed by atoms with van der Waals surface area (Å²) >= 11 is 0. The van der Waals surface area contributed by atoms with Crippen LogP contribution in [-0.4, -0.2) is 54.0 Å². The molecule has 24 heavy (non-hydrogen) atoms. The number of carbonyl (C=O) groups excluding carboxylic acids is 1. The van der Waals surface area contributed by atoms with E-state index in [1.807, 2.05) is 0 Å². The summed E-state index contributed by atoms with van der Waals surface area (Å²) in [5.74, 6) is 0.305. The fraction of sp³-hybridized carbons (Fsp3) is 0.294. The van der Waals surface area contributed by atoms with E-state index in [0.29, 0.717) is 22.8 Å². The van der Waals surface area contributed by atoms with E-state index in [1.165, 1.54) is 12.4 Å². The highest BCUT2D eigenvalue weighted by atomic mass is 16.1. The van der Waals surface area contributed by atoms with Gasteiger partial charge in [-0.15, -0.1) is 0 Å². The minimum Gasteiger partial charge on any atom is -0.338 e. The maximum absolute atomic E-state index is 12.3. The molecule has 1 fully saturated rings. The van der Waals surface area contributed by atoms with Crippen LogP contribution in [-0.2, 0) is 0 Å². The lowest BCUT2D eigenvalue weighted by atomic mass is 10.2. The Balaban J connectivity index is 1.69. The Kier molecular flexibility index (Phi) is 4.68. The lowest BCUT2D eigenvalue weighted by Crippen LogP contribution is -2.45. The zero-order valence-corrected chi connectivity index (χ0v) is 13.4. The van der Waals surface area contributed by atoms with Crippen molar-refractivity contribution < 1.29 is 4.79 Å². The number of piperazine rings is 1. The van der Waals surface area contributed by atoms with Crippen molar-refractivity contribution in [1.29, 1.82) is 5.26 Å². The first-order valence-electron chi connectivity index (χ1n) is 7.73.